The third kappa shape index (κ3) is 5.70. The first-order valence-corrected chi connectivity index (χ1v) is 17.4. The van der Waals surface area contributed by atoms with E-state index in [9.17, 15) is 19.5 Å². The van der Waals surface area contributed by atoms with E-state index >= 15 is 0 Å². The lowest BCUT2D eigenvalue weighted by atomic mass is 9.65. The van der Waals surface area contributed by atoms with E-state index in [0.717, 1.165) is 43.5 Å². The van der Waals surface area contributed by atoms with Crippen molar-refractivity contribution in [3.05, 3.63) is 49.6 Å². The van der Waals surface area contributed by atoms with Gasteiger partial charge in [0, 0.05) is 43.2 Å². The van der Waals surface area contributed by atoms with Crippen LogP contribution in [0.1, 0.15) is 65.2 Å². The standard InChI is InChI=1S/C35H49N3O5S/c1-5-19-36(26-15-17-27(18-16-26)43-7-3)32(40)29-28-23-24(4)35(44-28)30(29)33(41)38(21-11-12-22-39)31(35)34(42)37(20-6-2)25-13-9-8-10-14-25/h5-6,15-18,24-25,28-31,39H,1-2,7-14,19-23H2,3-4H3/t24?,28-,29+,30-,31?,35?/m0/s1. The van der Waals surface area contributed by atoms with Crippen molar-refractivity contribution in [3.63, 3.8) is 0 Å². The Morgan fingerprint density at radius 1 is 1.09 bits per heavy atom. The first-order chi connectivity index (χ1) is 21.3. The Morgan fingerprint density at radius 3 is 2.43 bits per heavy atom. The van der Waals surface area contributed by atoms with Crippen molar-refractivity contribution in [3.8, 4) is 5.75 Å². The Labute approximate surface area is 266 Å². The van der Waals surface area contributed by atoms with Gasteiger partial charge in [0.2, 0.25) is 17.7 Å². The molecule has 1 aliphatic carbocycles. The number of amides is 3. The van der Waals surface area contributed by atoms with Crippen molar-refractivity contribution in [2.24, 2.45) is 17.8 Å². The molecule has 1 spiro atoms. The summed E-state index contributed by atoms with van der Waals surface area (Å²) in [4.78, 5) is 49.5. The quantitative estimate of drug-likeness (QED) is 0.230. The van der Waals surface area contributed by atoms with Crippen LogP contribution in [-0.4, -0.2) is 87.6 Å². The summed E-state index contributed by atoms with van der Waals surface area (Å²) in [7, 11) is 0. The van der Waals surface area contributed by atoms with E-state index in [1.165, 1.54) is 6.42 Å². The predicted molar refractivity (Wildman–Crippen MR) is 176 cm³/mol. The van der Waals surface area contributed by atoms with E-state index in [1.54, 1.807) is 33.7 Å². The summed E-state index contributed by atoms with van der Waals surface area (Å²) in [6.45, 7) is 13.7. The number of hydrogen-bond acceptors (Lipinski definition) is 6. The van der Waals surface area contributed by atoms with Gasteiger partial charge in [-0.15, -0.1) is 24.9 Å². The minimum Gasteiger partial charge on any atom is -0.494 e. The van der Waals surface area contributed by atoms with Crippen molar-refractivity contribution < 1.29 is 24.2 Å². The summed E-state index contributed by atoms with van der Waals surface area (Å²) in [5.74, 6) is -0.453. The van der Waals surface area contributed by atoms with Gasteiger partial charge in [-0.2, -0.15) is 0 Å². The maximum absolute atomic E-state index is 14.8. The highest BCUT2D eigenvalue weighted by Gasteiger charge is 2.76. The van der Waals surface area contributed by atoms with Gasteiger partial charge < -0.3 is 24.5 Å². The molecule has 0 aromatic heterocycles. The van der Waals surface area contributed by atoms with Crippen LogP contribution in [0.2, 0.25) is 0 Å². The maximum Gasteiger partial charge on any atom is 0.247 e. The second-order valence-corrected chi connectivity index (χ2v) is 14.3. The predicted octanol–water partition coefficient (Wildman–Crippen LogP) is 5.06. The van der Waals surface area contributed by atoms with E-state index in [4.69, 9.17) is 4.74 Å². The number of carbonyl (C=O) groups excluding carboxylic acids is 3. The number of rotatable bonds is 14. The lowest BCUT2D eigenvalue weighted by Gasteiger charge is -2.43. The van der Waals surface area contributed by atoms with Crippen molar-refractivity contribution in [2.75, 3.05) is 37.7 Å². The zero-order valence-corrected chi connectivity index (χ0v) is 27.2. The highest BCUT2D eigenvalue weighted by Crippen LogP contribution is 2.69. The number of carbonyl (C=O) groups is 3. The molecular weight excluding hydrogens is 574 g/mol. The van der Waals surface area contributed by atoms with E-state index < -0.39 is 22.6 Å². The molecule has 9 heteroatoms. The summed E-state index contributed by atoms with van der Waals surface area (Å²) >= 11 is 1.72. The highest BCUT2D eigenvalue weighted by atomic mass is 32.2. The van der Waals surface area contributed by atoms with Crippen LogP contribution in [0.3, 0.4) is 0 Å². The van der Waals surface area contributed by atoms with Gasteiger partial charge in [-0.1, -0.05) is 38.3 Å². The molecule has 3 saturated heterocycles. The van der Waals surface area contributed by atoms with Gasteiger partial charge >= 0.3 is 0 Å². The molecule has 44 heavy (non-hydrogen) atoms. The van der Waals surface area contributed by atoms with Gasteiger partial charge in [0.15, 0.2) is 0 Å². The van der Waals surface area contributed by atoms with Crippen molar-refractivity contribution >= 4 is 35.2 Å². The number of likely N-dealkylation sites (tertiary alicyclic amines) is 1. The number of benzene rings is 1. The summed E-state index contributed by atoms with van der Waals surface area (Å²) < 4.78 is 4.94. The van der Waals surface area contributed by atoms with Crippen LogP contribution in [0.15, 0.2) is 49.6 Å². The SMILES string of the molecule is C=CCN(C(=O)[C@@H]1[C@@H]2CC(C)C3(S2)C(C(=O)N(CC=C)C2CCCCC2)N(CCCCO)C(=O)[C@H]13)c1ccc(OCC)cc1. The lowest BCUT2D eigenvalue weighted by Crippen LogP contribution is -2.59. The summed E-state index contributed by atoms with van der Waals surface area (Å²) in [6.07, 6.45) is 10.8. The minimum absolute atomic E-state index is 0.000733. The largest absolute Gasteiger partial charge is 0.494 e. The van der Waals surface area contributed by atoms with Gasteiger partial charge in [-0.3, -0.25) is 14.4 Å². The van der Waals surface area contributed by atoms with Crippen molar-refractivity contribution in [1.29, 1.82) is 0 Å². The number of fused-ring (bicyclic) bond motifs is 1. The summed E-state index contributed by atoms with van der Waals surface area (Å²) in [5, 5.41) is 9.50. The molecule has 1 aromatic rings. The van der Waals surface area contributed by atoms with Crippen LogP contribution < -0.4 is 9.64 Å². The Bertz CT molecular complexity index is 1220. The van der Waals surface area contributed by atoms with E-state index in [2.05, 4.69) is 20.1 Å². The first-order valence-electron chi connectivity index (χ1n) is 16.5. The van der Waals surface area contributed by atoms with Gasteiger partial charge in [0.1, 0.15) is 11.8 Å². The fourth-order valence-corrected chi connectivity index (χ4v) is 10.8. The fraction of sp³-hybridized carbons (Fsp3) is 0.629. The molecule has 2 bridgehead atoms. The average molecular weight is 624 g/mol. The smallest absolute Gasteiger partial charge is 0.247 e. The number of ether oxygens (including phenoxy) is 1. The molecule has 6 atom stereocenters. The Morgan fingerprint density at radius 2 is 1.80 bits per heavy atom. The first kappa shape index (κ1) is 32.6. The number of anilines is 1. The molecule has 1 aromatic carbocycles. The molecule has 8 nitrogen and oxygen atoms in total. The van der Waals surface area contributed by atoms with Crippen LogP contribution in [0.4, 0.5) is 5.69 Å². The van der Waals surface area contributed by atoms with Gasteiger partial charge in [-0.05, 0) is 69.2 Å². The molecule has 4 aliphatic rings. The zero-order valence-electron chi connectivity index (χ0n) is 26.4. The maximum atomic E-state index is 14.8. The minimum atomic E-state index is -0.675. The second kappa shape index (κ2) is 14.1. The molecule has 3 unspecified atom stereocenters. The lowest BCUT2D eigenvalue weighted by molar-refractivity contribution is -0.144. The second-order valence-electron chi connectivity index (χ2n) is 12.8. The molecule has 240 valence electrons. The van der Waals surface area contributed by atoms with Crippen LogP contribution >= 0.6 is 11.8 Å². The molecular formula is C35H49N3O5S. The number of nitrogens with zero attached hydrogens (tertiary/aromatic N) is 3. The molecule has 3 heterocycles. The van der Waals surface area contributed by atoms with Gasteiger partial charge in [-0.25, -0.2) is 0 Å². The topological polar surface area (TPSA) is 90.4 Å². The Balaban J connectivity index is 1.52. The molecule has 1 saturated carbocycles. The molecule has 3 amide bonds. The monoisotopic (exact) mass is 623 g/mol. The summed E-state index contributed by atoms with van der Waals surface area (Å²) in [6, 6.07) is 6.98. The van der Waals surface area contributed by atoms with Crippen LogP contribution in [-0.2, 0) is 14.4 Å². The third-order valence-corrected chi connectivity index (χ3v) is 12.3. The molecule has 3 aliphatic heterocycles. The zero-order chi connectivity index (χ0) is 31.4. The third-order valence-electron chi connectivity index (χ3n) is 10.2. The molecule has 5 rings (SSSR count). The molecule has 4 fully saturated rings. The fourth-order valence-electron chi connectivity index (χ4n) is 8.34. The van der Waals surface area contributed by atoms with Gasteiger partial charge in [0.25, 0.3) is 0 Å². The van der Waals surface area contributed by atoms with Crippen LogP contribution in [0.25, 0.3) is 0 Å². The number of hydrogen-bond donors (Lipinski definition) is 1. The molecule has 0 radical (unpaired) electrons. The van der Waals surface area contributed by atoms with Crippen molar-refractivity contribution in [2.45, 2.75) is 87.3 Å². The van der Waals surface area contributed by atoms with Gasteiger partial charge in [0.05, 0.1) is 23.2 Å². The number of aliphatic hydroxyl groups excluding tert-OH is 1. The number of thioether (sulfide) groups is 1. The number of unbranched alkanes of at least 4 members (excludes halogenated alkanes) is 1. The Kier molecular flexibility index (Phi) is 10.5. The van der Waals surface area contributed by atoms with E-state index in [0.29, 0.717) is 39.1 Å². The summed E-state index contributed by atoms with van der Waals surface area (Å²) in [5.41, 5.74) is 0.737. The number of aliphatic hydroxyl groups is 1. The van der Waals surface area contributed by atoms with E-state index in [1.807, 2.05) is 36.1 Å². The van der Waals surface area contributed by atoms with Crippen LogP contribution in [0.5, 0.6) is 5.75 Å². The normalized spacial score (nSPS) is 29.4. The van der Waals surface area contributed by atoms with Crippen LogP contribution in [0, 0.1) is 17.8 Å². The van der Waals surface area contributed by atoms with E-state index in [-0.39, 0.29) is 41.5 Å². The molecule has 1 N–H and O–H groups in total. The highest BCUT2D eigenvalue weighted by molar-refractivity contribution is 8.02. The Hall–Kier alpha value is -2.78. The van der Waals surface area contributed by atoms with Crippen molar-refractivity contribution in [1.82, 2.24) is 9.80 Å². The average Bonchev–Trinajstić information content (AvgIpc) is 3.63.